The molecule has 6 rings (SSSR count). The molecule has 0 saturated carbocycles. The van der Waals surface area contributed by atoms with Crippen LogP contribution in [0, 0.1) is 5.92 Å². The highest BCUT2D eigenvalue weighted by atomic mass is 16.5. The number of fused-ring (bicyclic) bond motifs is 1. The molecule has 0 bridgehead atoms. The molecule has 4 heterocycles. The molecule has 0 atom stereocenters. The van der Waals surface area contributed by atoms with Crippen molar-refractivity contribution in [3.63, 3.8) is 0 Å². The minimum atomic E-state index is -0.748. The molecule has 2 aromatic carbocycles. The summed E-state index contributed by atoms with van der Waals surface area (Å²) in [5, 5.41) is 1.11. The van der Waals surface area contributed by atoms with Crippen LogP contribution in [0.4, 0.5) is 4.79 Å². The molecule has 8 heteroatoms. The number of amides is 2. The summed E-state index contributed by atoms with van der Waals surface area (Å²) in [6.07, 6.45) is 2.66. The molecule has 1 spiro atoms. The van der Waals surface area contributed by atoms with Crippen LogP contribution in [-0.4, -0.2) is 78.1 Å². The zero-order valence-electron chi connectivity index (χ0n) is 20.2. The van der Waals surface area contributed by atoms with Crippen molar-refractivity contribution in [2.75, 3.05) is 40.0 Å². The number of aliphatic imine (C=N–C) groups is 1. The van der Waals surface area contributed by atoms with Gasteiger partial charge in [0.05, 0.1) is 12.6 Å². The van der Waals surface area contributed by atoms with Gasteiger partial charge in [-0.3, -0.25) is 19.7 Å². The second-order valence-electron chi connectivity index (χ2n) is 9.72. The second kappa shape index (κ2) is 9.02. The van der Waals surface area contributed by atoms with Crippen molar-refractivity contribution >= 4 is 28.7 Å². The number of hydrogen-bond donors (Lipinski definition) is 0. The minimum Gasteiger partial charge on any atom is -0.453 e. The van der Waals surface area contributed by atoms with Gasteiger partial charge in [-0.25, -0.2) is 4.79 Å². The molecule has 0 radical (unpaired) electrons. The van der Waals surface area contributed by atoms with E-state index < -0.39 is 5.54 Å². The van der Waals surface area contributed by atoms with Crippen LogP contribution in [0.5, 0.6) is 0 Å². The molecule has 184 valence electrons. The van der Waals surface area contributed by atoms with E-state index in [1.165, 1.54) is 7.11 Å². The van der Waals surface area contributed by atoms with Gasteiger partial charge in [-0.05, 0) is 23.3 Å². The third-order valence-corrected chi connectivity index (χ3v) is 7.45. The van der Waals surface area contributed by atoms with Crippen molar-refractivity contribution in [1.82, 2.24) is 14.8 Å². The fourth-order valence-corrected chi connectivity index (χ4v) is 5.36. The largest absolute Gasteiger partial charge is 0.453 e. The van der Waals surface area contributed by atoms with Crippen molar-refractivity contribution in [3.8, 4) is 11.1 Å². The lowest BCUT2D eigenvalue weighted by atomic mass is 9.90. The number of methoxy groups -OCH3 is 1. The summed E-state index contributed by atoms with van der Waals surface area (Å²) >= 11 is 0. The van der Waals surface area contributed by atoms with Crippen molar-refractivity contribution in [2.24, 2.45) is 10.9 Å². The first kappa shape index (κ1) is 22.7. The molecule has 2 saturated heterocycles. The van der Waals surface area contributed by atoms with Gasteiger partial charge in [0.2, 0.25) is 0 Å². The van der Waals surface area contributed by atoms with E-state index in [-0.39, 0.29) is 17.9 Å². The lowest BCUT2D eigenvalue weighted by Crippen LogP contribution is -2.56. The maximum atomic E-state index is 13.7. The van der Waals surface area contributed by atoms with E-state index in [4.69, 9.17) is 14.5 Å². The van der Waals surface area contributed by atoms with Crippen LogP contribution in [0.3, 0.4) is 0 Å². The van der Waals surface area contributed by atoms with Gasteiger partial charge < -0.3 is 14.4 Å². The van der Waals surface area contributed by atoms with E-state index in [0.29, 0.717) is 51.5 Å². The summed E-state index contributed by atoms with van der Waals surface area (Å²) in [4.78, 5) is 38.4. The zero-order valence-corrected chi connectivity index (χ0v) is 20.2. The van der Waals surface area contributed by atoms with E-state index in [9.17, 15) is 9.59 Å². The average Bonchev–Trinajstić information content (AvgIpc) is 3.16. The molecule has 1 aromatic heterocycles. The molecule has 3 aliphatic rings. The minimum absolute atomic E-state index is 0.0435. The molecule has 3 aromatic rings. The Bertz CT molecular complexity index is 1340. The predicted octanol–water partition coefficient (Wildman–Crippen LogP) is 3.74. The second-order valence-corrected chi connectivity index (χ2v) is 9.72. The Balaban J connectivity index is 1.27. The van der Waals surface area contributed by atoms with Gasteiger partial charge in [0.25, 0.3) is 5.91 Å². The van der Waals surface area contributed by atoms with Crippen molar-refractivity contribution in [3.05, 3.63) is 66.4 Å². The Morgan fingerprint density at radius 1 is 1.06 bits per heavy atom. The fraction of sp³-hybridized carbons (Fsp3) is 0.357. The van der Waals surface area contributed by atoms with Gasteiger partial charge in [0.1, 0.15) is 11.4 Å². The van der Waals surface area contributed by atoms with Gasteiger partial charge in [-0.1, -0.05) is 42.5 Å². The maximum Gasteiger partial charge on any atom is 0.409 e. The first-order chi connectivity index (χ1) is 17.6. The van der Waals surface area contributed by atoms with E-state index in [2.05, 4.69) is 41.4 Å². The SMILES string of the molecule is COC(=O)N1CC(CN2C(=O)C3(CCOCC3)N=C2c2ccc(-c3ccc4cccnc4c3)cc2)C1. The number of carbonyl (C=O) groups is 2. The third-order valence-electron chi connectivity index (χ3n) is 7.45. The zero-order chi connectivity index (χ0) is 24.7. The van der Waals surface area contributed by atoms with Gasteiger partial charge in [-0.15, -0.1) is 0 Å². The van der Waals surface area contributed by atoms with Crippen LogP contribution in [0.25, 0.3) is 22.0 Å². The highest BCUT2D eigenvalue weighted by Crippen LogP contribution is 2.36. The molecule has 3 aliphatic heterocycles. The molecule has 36 heavy (non-hydrogen) atoms. The first-order valence-corrected chi connectivity index (χ1v) is 12.3. The normalized spacial score (nSPS) is 19.5. The standard InChI is InChI=1S/C28H28N4O4/c1-35-27(34)31-16-19(17-31)18-32-25(30-28(26(32)33)10-13-36-14-11-28)22-7-4-20(5-8-22)23-9-6-21-3-2-12-29-24(21)15-23/h2-9,12,15,19H,10-11,13-14,16-18H2,1H3. The summed E-state index contributed by atoms with van der Waals surface area (Å²) in [5.74, 6) is 0.949. The lowest BCUT2D eigenvalue weighted by molar-refractivity contribution is -0.135. The van der Waals surface area contributed by atoms with Crippen LogP contribution in [0.2, 0.25) is 0 Å². The van der Waals surface area contributed by atoms with E-state index >= 15 is 0 Å². The van der Waals surface area contributed by atoms with Crippen LogP contribution in [-0.2, 0) is 14.3 Å². The lowest BCUT2D eigenvalue weighted by Gasteiger charge is -2.40. The highest BCUT2D eigenvalue weighted by molar-refractivity contribution is 6.15. The maximum absolute atomic E-state index is 13.7. The first-order valence-electron chi connectivity index (χ1n) is 12.3. The van der Waals surface area contributed by atoms with Crippen molar-refractivity contribution in [1.29, 1.82) is 0 Å². The molecular weight excluding hydrogens is 456 g/mol. The average molecular weight is 485 g/mol. The summed E-state index contributed by atoms with van der Waals surface area (Å²) in [5.41, 5.74) is 3.29. The molecule has 2 fully saturated rings. The van der Waals surface area contributed by atoms with Crippen LogP contribution in [0.1, 0.15) is 18.4 Å². The summed E-state index contributed by atoms with van der Waals surface area (Å²) in [6, 6.07) is 18.5. The number of nitrogens with zero attached hydrogens (tertiary/aromatic N) is 4. The number of amidine groups is 1. The van der Waals surface area contributed by atoms with E-state index in [0.717, 1.165) is 27.6 Å². The van der Waals surface area contributed by atoms with Crippen molar-refractivity contribution < 1.29 is 19.1 Å². The third kappa shape index (κ3) is 3.91. The number of benzene rings is 2. The molecule has 8 nitrogen and oxygen atoms in total. The number of ether oxygens (including phenoxy) is 2. The number of likely N-dealkylation sites (tertiary alicyclic amines) is 1. The Kier molecular flexibility index (Phi) is 5.68. The van der Waals surface area contributed by atoms with Crippen LogP contribution < -0.4 is 0 Å². The number of rotatable bonds is 4. The molecule has 0 N–H and O–H groups in total. The molecule has 0 unspecified atom stereocenters. The monoisotopic (exact) mass is 484 g/mol. The van der Waals surface area contributed by atoms with Gasteiger partial charge >= 0.3 is 6.09 Å². The number of aromatic nitrogens is 1. The Morgan fingerprint density at radius 3 is 2.53 bits per heavy atom. The smallest absolute Gasteiger partial charge is 0.409 e. The Labute approximate surface area is 209 Å². The van der Waals surface area contributed by atoms with Gasteiger partial charge in [0.15, 0.2) is 0 Å². The quantitative estimate of drug-likeness (QED) is 0.563. The molecule has 2 amide bonds. The highest BCUT2D eigenvalue weighted by Gasteiger charge is 2.50. The molecular formula is C28H28N4O4. The summed E-state index contributed by atoms with van der Waals surface area (Å²) < 4.78 is 10.3. The van der Waals surface area contributed by atoms with Crippen LogP contribution >= 0.6 is 0 Å². The Morgan fingerprint density at radius 2 is 1.78 bits per heavy atom. The van der Waals surface area contributed by atoms with E-state index in [1.807, 2.05) is 23.1 Å². The molecule has 0 aliphatic carbocycles. The number of carbonyl (C=O) groups excluding carboxylic acids is 2. The van der Waals surface area contributed by atoms with Gasteiger partial charge in [-0.2, -0.15) is 0 Å². The van der Waals surface area contributed by atoms with Crippen molar-refractivity contribution in [2.45, 2.75) is 18.4 Å². The fourth-order valence-electron chi connectivity index (χ4n) is 5.36. The number of pyridine rings is 1. The topological polar surface area (TPSA) is 84.3 Å². The summed E-state index contributed by atoms with van der Waals surface area (Å²) in [7, 11) is 1.39. The van der Waals surface area contributed by atoms with E-state index in [1.54, 1.807) is 11.1 Å². The van der Waals surface area contributed by atoms with Gasteiger partial charge in [0, 0.05) is 68.8 Å². The summed E-state index contributed by atoms with van der Waals surface area (Å²) in [6.45, 7) is 2.76. The Hall–Kier alpha value is -3.78. The number of hydrogen-bond acceptors (Lipinski definition) is 6. The predicted molar refractivity (Wildman–Crippen MR) is 136 cm³/mol. The van der Waals surface area contributed by atoms with Crippen LogP contribution in [0.15, 0.2) is 65.8 Å².